The zero-order valence-corrected chi connectivity index (χ0v) is 11.7. The van der Waals surface area contributed by atoms with Gasteiger partial charge in [0, 0.05) is 11.6 Å². The van der Waals surface area contributed by atoms with E-state index in [0.29, 0.717) is 0 Å². The minimum Gasteiger partial charge on any atom is -0.299 e. The van der Waals surface area contributed by atoms with E-state index in [4.69, 9.17) is 11.6 Å². The van der Waals surface area contributed by atoms with Gasteiger partial charge in [0.25, 0.3) is 0 Å². The molecule has 1 saturated heterocycles. The van der Waals surface area contributed by atoms with E-state index < -0.39 is 0 Å². The van der Waals surface area contributed by atoms with Crippen molar-refractivity contribution in [1.29, 1.82) is 0 Å². The molecule has 1 aliphatic carbocycles. The van der Waals surface area contributed by atoms with E-state index in [1.165, 1.54) is 50.8 Å². The molecule has 1 nitrogen and oxygen atoms in total. The lowest BCUT2D eigenvalue weighted by atomic mass is 9.91. The molecule has 2 heteroatoms. The van der Waals surface area contributed by atoms with Gasteiger partial charge in [-0.3, -0.25) is 4.90 Å². The largest absolute Gasteiger partial charge is 0.299 e. The van der Waals surface area contributed by atoms with Gasteiger partial charge in [-0.2, -0.15) is 0 Å². The lowest BCUT2D eigenvalue weighted by molar-refractivity contribution is 0.169. The summed E-state index contributed by atoms with van der Waals surface area (Å²) in [5, 5.41) is 0.914. The number of piperidine rings is 1. The number of hydrogen-bond donors (Lipinski definition) is 0. The fourth-order valence-corrected chi connectivity index (χ4v) is 3.27. The third kappa shape index (κ3) is 3.27. The Hall–Kier alpha value is -0.530. The monoisotopic (exact) mass is 263 g/mol. The number of rotatable bonds is 4. The molecule has 0 aromatic heterocycles. The van der Waals surface area contributed by atoms with E-state index in [9.17, 15) is 0 Å². The first-order chi connectivity index (χ1) is 8.81. The Bertz CT molecular complexity index is 392. The van der Waals surface area contributed by atoms with Crippen LogP contribution in [0, 0.1) is 11.8 Å². The van der Waals surface area contributed by atoms with Crippen molar-refractivity contribution in [2.75, 3.05) is 13.1 Å². The van der Waals surface area contributed by atoms with E-state index in [-0.39, 0.29) is 0 Å². The molecule has 1 aromatic carbocycles. The molecule has 0 bridgehead atoms. The minimum absolute atomic E-state index is 0.914. The van der Waals surface area contributed by atoms with Crippen LogP contribution in [0.15, 0.2) is 24.3 Å². The van der Waals surface area contributed by atoms with Crippen molar-refractivity contribution in [2.24, 2.45) is 11.8 Å². The molecule has 18 heavy (non-hydrogen) atoms. The molecule has 2 aliphatic rings. The fraction of sp³-hybridized carbons (Fsp3) is 0.625. The van der Waals surface area contributed by atoms with Gasteiger partial charge in [0.2, 0.25) is 0 Å². The van der Waals surface area contributed by atoms with E-state index in [0.717, 1.165) is 23.4 Å². The molecule has 3 rings (SSSR count). The van der Waals surface area contributed by atoms with Gasteiger partial charge in [-0.05, 0) is 55.8 Å². The van der Waals surface area contributed by atoms with Crippen LogP contribution in [-0.4, -0.2) is 18.0 Å². The van der Waals surface area contributed by atoms with E-state index in [2.05, 4.69) is 17.0 Å². The summed E-state index contributed by atoms with van der Waals surface area (Å²) >= 11 is 6.22. The number of hydrogen-bond acceptors (Lipinski definition) is 1. The molecule has 0 radical (unpaired) electrons. The number of likely N-dealkylation sites (tertiary alicyclic amines) is 1. The molecule has 2 fully saturated rings. The van der Waals surface area contributed by atoms with Gasteiger partial charge in [0.15, 0.2) is 0 Å². The first kappa shape index (κ1) is 12.5. The van der Waals surface area contributed by atoms with Crippen LogP contribution < -0.4 is 0 Å². The fourth-order valence-electron chi connectivity index (χ4n) is 3.07. The molecule has 0 spiro atoms. The Balaban J connectivity index is 1.49. The molecule has 1 aliphatic heterocycles. The van der Waals surface area contributed by atoms with Crippen LogP contribution in [0.2, 0.25) is 5.02 Å². The average molecular weight is 264 g/mol. The number of nitrogens with zero attached hydrogens (tertiary/aromatic N) is 1. The maximum Gasteiger partial charge on any atom is 0.0451 e. The van der Waals surface area contributed by atoms with Crippen molar-refractivity contribution in [3.63, 3.8) is 0 Å². The van der Waals surface area contributed by atoms with Crippen LogP contribution in [0.25, 0.3) is 0 Å². The van der Waals surface area contributed by atoms with Gasteiger partial charge in [-0.15, -0.1) is 0 Å². The SMILES string of the molecule is Clc1ccccc1CN1CCC(CC2CC2)CC1. The Morgan fingerprint density at radius 1 is 1.00 bits per heavy atom. The zero-order valence-electron chi connectivity index (χ0n) is 10.9. The first-order valence-corrected chi connectivity index (χ1v) is 7.65. The summed E-state index contributed by atoms with van der Waals surface area (Å²) < 4.78 is 0. The molecule has 1 saturated carbocycles. The summed E-state index contributed by atoms with van der Waals surface area (Å²) in [4.78, 5) is 2.56. The summed E-state index contributed by atoms with van der Waals surface area (Å²) in [5.74, 6) is 2.09. The molecule has 1 heterocycles. The maximum atomic E-state index is 6.22. The van der Waals surface area contributed by atoms with Crippen molar-refractivity contribution >= 4 is 11.6 Å². The Kier molecular flexibility index (Phi) is 3.91. The maximum absolute atomic E-state index is 6.22. The van der Waals surface area contributed by atoms with Crippen LogP contribution in [0.5, 0.6) is 0 Å². The number of halogens is 1. The van der Waals surface area contributed by atoms with Crippen LogP contribution >= 0.6 is 11.6 Å². The second-order valence-electron chi connectivity index (χ2n) is 5.99. The van der Waals surface area contributed by atoms with Crippen molar-refractivity contribution in [3.8, 4) is 0 Å². The van der Waals surface area contributed by atoms with Gasteiger partial charge >= 0.3 is 0 Å². The first-order valence-electron chi connectivity index (χ1n) is 7.27. The van der Waals surface area contributed by atoms with E-state index in [1.807, 2.05) is 12.1 Å². The van der Waals surface area contributed by atoms with Crippen molar-refractivity contribution in [1.82, 2.24) is 4.90 Å². The van der Waals surface area contributed by atoms with Crippen LogP contribution in [0.4, 0.5) is 0 Å². The highest BCUT2D eigenvalue weighted by atomic mass is 35.5. The quantitative estimate of drug-likeness (QED) is 0.781. The van der Waals surface area contributed by atoms with Gasteiger partial charge in [-0.1, -0.05) is 42.6 Å². The second kappa shape index (κ2) is 5.63. The topological polar surface area (TPSA) is 3.24 Å². The molecule has 0 atom stereocenters. The Labute approximate surface area is 115 Å². The van der Waals surface area contributed by atoms with Gasteiger partial charge in [-0.25, -0.2) is 0 Å². The van der Waals surface area contributed by atoms with Crippen LogP contribution in [-0.2, 0) is 6.54 Å². The highest BCUT2D eigenvalue weighted by Gasteiger charge is 2.27. The highest BCUT2D eigenvalue weighted by Crippen LogP contribution is 2.38. The summed E-state index contributed by atoms with van der Waals surface area (Å²) in [7, 11) is 0. The molecule has 98 valence electrons. The predicted molar refractivity (Wildman–Crippen MR) is 76.8 cm³/mol. The number of benzene rings is 1. The molecule has 0 N–H and O–H groups in total. The summed E-state index contributed by atoms with van der Waals surface area (Å²) in [6.07, 6.45) is 7.28. The molecular formula is C16H22ClN. The zero-order chi connectivity index (χ0) is 12.4. The molecular weight excluding hydrogens is 242 g/mol. The molecule has 0 unspecified atom stereocenters. The Morgan fingerprint density at radius 2 is 1.67 bits per heavy atom. The minimum atomic E-state index is 0.914. The standard InChI is InChI=1S/C16H22ClN/c17-16-4-2-1-3-15(16)12-18-9-7-14(8-10-18)11-13-5-6-13/h1-4,13-14H,5-12H2. The average Bonchev–Trinajstić information content (AvgIpc) is 3.19. The van der Waals surface area contributed by atoms with Crippen molar-refractivity contribution in [2.45, 2.75) is 38.6 Å². The predicted octanol–water partition coefficient (Wildman–Crippen LogP) is 4.35. The third-order valence-electron chi connectivity index (χ3n) is 4.42. The van der Waals surface area contributed by atoms with Crippen molar-refractivity contribution in [3.05, 3.63) is 34.9 Å². The smallest absolute Gasteiger partial charge is 0.0451 e. The Morgan fingerprint density at radius 3 is 2.33 bits per heavy atom. The lowest BCUT2D eigenvalue weighted by Crippen LogP contribution is -2.33. The third-order valence-corrected chi connectivity index (χ3v) is 4.79. The van der Waals surface area contributed by atoms with Gasteiger partial charge < -0.3 is 0 Å². The van der Waals surface area contributed by atoms with Crippen molar-refractivity contribution < 1.29 is 0 Å². The summed E-state index contributed by atoms with van der Waals surface area (Å²) in [6.45, 7) is 3.53. The molecule has 0 amide bonds. The van der Waals surface area contributed by atoms with E-state index in [1.54, 1.807) is 0 Å². The van der Waals surface area contributed by atoms with Crippen LogP contribution in [0.3, 0.4) is 0 Å². The summed E-state index contributed by atoms with van der Waals surface area (Å²) in [5.41, 5.74) is 1.28. The van der Waals surface area contributed by atoms with Gasteiger partial charge in [0.1, 0.15) is 0 Å². The normalized spacial score (nSPS) is 22.3. The van der Waals surface area contributed by atoms with E-state index >= 15 is 0 Å². The highest BCUT2D eigenvalue weighted by molar-refractivity contribution is 6.31. The summed E-state index contributed by atoms with van der Waals surface area (Å²) in [6, 6.07) is 8.24. The lowest BCUT2D eigenvalue weighted by Gasteiger charge is -2.32. The molecule has 1 aromatic rings. The second-order valence-corrected chi connectivity index (χ2v) is 6.40. The van der Waals surface area contributed by atoms with Gasteiger partial charge in [0.05, 0.1) is 0 Å². The van der Waals surface area contributed by atoms with Crippen LogP contribution in [0.1, 0.15) is 37.7 Å².